The molecule has 0 aliphatic carbocycles. The largest absolute Gasteiger partial charge is 0.369 e. The lowest BCUT2D eigenvalue weighted by Crippen LogP contribution is -2.22. The second kappa shape index (κ2) is 6.02. The third kappa shape index (κ3) is 3.01. The first-order valence-corrected chi connectivity index (χ1v) is 7.51. The predicted octanol–water partition coefficient (Wildman–Crippen LogP) is 4.17. The normalized spacial score (nSPS) is 12.2. The SMILES string of the molecule is CC(Cc1ccc(-c2ccc3ccccc3c2)cc1)C(N)=O. The van der Waals surface area contributed by atoms with Crippen molar-refractivity contribution in [3.05, 3.63) is 72.3 Å². The van der Waals surface area contributed by atoms with Gasteiger partial charge in [0.05, 0.1) is 0 Å². The summed E-state index contributed by atoms with van der Waals surface area (Å²) >= 11 is 0. The molecule has 3 rings (SSSR count). The van der Waals surface area contributed by atoms with Gasteiger partial charge in [-0.25, -0.2) is 0 Å². The Balaban J connectivity index is 1.86. The molecule has 22 heavy (non-hydrogen) atoms. The number of rotatable bonds is 4. The van der Waals surface area contributed by atoms with Gasteiger partial charge < -0.3 is 5.73 Å². The van der Waals surface area contributed by atoms with Crippen LogP contribution in [0.25, 0.3) is 21.9 Å². The molecule has 0 saturated heterocycles. The average Bonchev–Trinajstić information content (AvgIpc) is 2.55. The maximum absolute atomic E-state index is 11.1. The van der Waals surface area contributed by atoms with Gasteiger partial charge in [0.1, 0.15) is 0 Å². The Morgan fingerprint density at radius 2 is 1.55 bits per heavy atom. The van der Waals surface area contributed by atoms with Gasteiger partial charge in [0, 0.05) is 5.92 Å². The van der Waals surface area contributed by atoms with Crippen LogP contribution in [0.2, 0.25) is 0 Å². The van der Waals surface area contributed by atoms with E-state index in [0.29, 0.717) is 6.42 Å². The minimum atomic E-state index is -0.251. The third-order valence-corrected chi connectivity index (χ3v) is 4.06. The first-order chi connectivity index (χ1) is 10.6. The van der Waals surface area contributed by atoms with E-state index in [0.717, 1.165) is 5.56 Å². The molecule has 0 aliphatic rings. The molecule has 2 nitrogen and oxygen atoms in total. The Kier molecular flexibility index (Phi) is 3.92. The van der Waals surface area contributed by atoms with Gasteiger partial charge in [-0.2, -0.15) is 0 Å². The van der Waals surface area contributed by atoms with Gasteiger partial charge in [0.15, 0.2) is 0 Å². The van der Waals surface area contributed by atoms with Crippen LogP contribution < -0.4 is 5.73 Å². The van der Waals surface area contributed by atoms with Gasteiger partial charge in [-0.05, 0) is 39.9 Å². The van der Waals surface area contributed by atoms with E-state index < -0.39 is 0 Å². The van der Waals surface area contributed by atoms with Gasteiger partial charge in [-0.1, -0.05) is 67.6 Å². The van der Waals surface area contributed by atoms with E-state index in [-0.39, 0.29) is 11.8 Å². The number of fused-ring (bicyclic) bond motifs is 1. The molecule has 1 amide bonds. The zero-order valence-corrected chi connectivity index (χ0v) is 12.6. The van der Waals surface area contributed by atoms with Gasteiger partial charge in [-0.3, -0.25) is 4.79 Å². The molecular formula is C20H19NO. The van der Waals surface area contributed by atoms with Crippen molar-refractivity contribution in [3.63, 3.8) is 0 Å². The van der Waals surface area contributed by atoms with Crippen molar-refractivity contribution in [3.8, 4) is 11.1 Å². The molecule has 3 aromatic carbocycles. The van der Waals surface area contributed by atoms with Gasteiger partial charge in [0.25, 0.3) is 0 Å². The quantitative estimate of drug-likeness (QED) is 0.769. The molecule has 1 unspecified atom stereocenters. The summed E-state index contributed by atoms with van der Waals surface area (Å²) in [5, 5.41) is 2.49. The summed E-state index contributed by atoms with van der Waals surface area (Å²) in [5.41, 5.74) is 8.84. The molecule has 0 saturated carbocycles. The van der Waals surface area contributed by atoms with E-state index >= 15 is 0 Å². The predicted molar refractivity (Wildman–Crippen MR) is 91.4 cm³/mol. The molecule has 0 aromatic heterocycles. The zero-order chi connectivity index (χ0) is 15.5. The molecule has 0 radical (unpaired) electrons. The molecule has 0 aliphatic heterocycles. The van der Waals surface area contributed by atoms with Crippen molar-refractivity contribution in [2.24, 2.45) is 11.7 Å². The van der Waals surface area contributed by atoms with Crippen LogP contribution in [0.4, 0.5) is 0 Å². The number of nitrogens with two attached hydrogens (primary N) is 1. The average molecular weight is 289 g/mol. The fourth-order valence-corrected chi connectivity index (χ4v) is 2.66. The Bertz CT molecular complexity index is 805. The highest BCUT2D eigenvalue weighted by molar-refractivity contribution is 5.87. The second-order valence-corrected chi connectivity index (χ2v) is 5.77. The number of carbonyl (C=O) groups excluding carboxylic acids is 1. The second-order valence-electron chi connectivity index (χ2n) is 5.77. The van der Waals surface area contributed by atoms with Gasteiger partial charge in [-0.15, -0.1) is 0 Å². The summed E-state index contributed by atoms with van der Waals surface area (Å²) in [4.78, 5) is 11.1. The van der Waals surface area contributed by atoms with Crippen LogP contribution in [-0.4, -0.2) is 5.91 Å². The van der Waals surface area contributed by atoms with Crippen LogP contribution in [0, 0.1) is 5.92 Å². The van der Waals surface area contributed by atoms with Crippen LogP contribution in [0.3, 0.4) is 0 Å². The van der Waals surface area contributed by atoms with Crippen molar-refractivity contribution in [2.45, 2.75) is 13.3 Å². The first kappa shape index (κ1) is 14.3. The van der Waals surface area contributed by atoms with Crippen LogP contribution in [0.5, 0.6) is 0 Å². The fraction of sp³-hybridized carbons (Fsp3) is 0.150. The highest BCUT2D eigenvalue weighted by Gasteiger charge is 2.09. The summed E-state index contributed by atoms with van der Waals surface area (Å²) in [6.45, 7) is 1.86. The summed E-state index contributed by atoms with van der Waals surface area (Å²) in [6.07, 6.45) is 0.688. The smallest absolute Gasteiger partial charge is 0.220 e. The third-order valence-electron chi connectivity index (χ3n) is 4.06. The number of carbonyl (C=O) groups is 1. The summed E-state index contributed by atoms with van der Waals surface area (Å²) in [5.74, 6) is -0.384. The highest BCUT2D eigenvalue weighted by atomic mass is 16.1. The Morgan fingerprint density at radius 1 is 0.909 bits per heavy atom. The van der Waals surface area contributed by atoms with Crippen molar-refractivity contribution < 1.29 is 4.79 Å². The number of hydrogen-bond acceptors (Lipinski definition) is 1. The van der Waals surface area contributed by atoms with Crippen molar-refractivity contribution in [1.29, 1.82) is 0 Å². The highest BCUT2D eigenvalue weighted by Crippen LogP contribution is 2.25. The van der Waals surface area contributed by atoms with Crippen LogP contribution in [0.15, 0.2) is 66.7 Å². The van der Waals surface area contributed by atoms with Crippen molar-refractivity contribution in [2.75, 3.05) is 0 Å². The standard InChI is InChI=1S/C20H19NO/c1-14(20(21)22)12-15-6-8-17(9-7-15)19-11-10-16-4-2-3-5-18(16)13-19/h2-11,13-14H,12H2,1H3,(H2,21,22). The topological polar surface area (TPSA) is 43.1 Å². The van der Waals surface area contributed by atoms with E-state index in [4.69, 9.17) is 5.73 Å². The molecule has 3 aromatic rings. The summed E-state index contributed by atoms with van der Waals surface area (Å²) < 4.78 is 0. The fourth-order valence-electron chi connectivity index (χ4n) is 2.66. The number of benzene rings is 3. The van der Waals surface area contributed by atoms with E-state index in [1.165, 1.54) is 21.9 Å². The maximum atomic E-state index is 11.1. The molecule has 110 valence electrons. The molecular weight excluding hydrogens is 270 g/mol. The maximum Gasteiger partial charge on any atom is 0.220 e. The van der Waals surface area contributed by atoms with Crippen LogP contribution >= 0.6 is 0 Å². The number of amides is 1. The summed E-state index contributed by atoms with van der Waals surface area (Å²) in [7, 11) is 0. The van der Waals surface area contributed by atoms with Gasteiger partial charge in [0.2, 0.25) is 5.91 Å². The minimum Gasteiger partial charge on any atom is -0.369 e. The lowest BCUT2D eigenvalue weighted by atomic mass is 9.97. The molecule has 1 atom stereocenters. The van der Waals surface area contributed by atoms with E-state index in [9.17, 15) is 4.79 Å². The van der Waals surface area contributed by atoms with Crippen molar-refractivity contribution >= 4 is 16.7 Å². The lowest BCUT2D eigenvalue weighted by Gasteiger charge is -2.09. The number of hydrogen-bond donors (Lipinski definition) is 1. The van der Waals surface area contributed by atoms with E-state index in [1.807, 2.05) is 6.92 Å². The van der Waals surface area contributed by atoms with Gasteiger partial charge >= 0.3 is 0 Å². The molecule has 0 spiro atoms. The first-order valence-electron chi connectivity index (χ1n) is 7.51. The number of primary amides is 1. The zero-order valence-electron chi connectivity index (χ0n) is 12.6. The minimum absolute atomic E-state index is 0.133. The Hall–Kier alpha value is -2.61. The lowest BCUT2D eigenvalue weighted by molar-refractivity contribution is -0.121. The monoisotopic (exact) mass is 289 g/mol. The molecule has 0 bridgehead atoms. The Labute approximate surface area is 130 Å². The van der Waals surface area contributed by atoms with E-state index in [1.54, 1.807) is 0 Å². The molecule has 2 heteroatoms. The molecule has 0 heterocycles. The van der Waals surface area contributed by atoms with Crippen LogP contribution in [0.1, 0.15) is 12.5 Å². The molecule has 2 N–H and O–H groups in total. The van der Waals surface area contributed by atoms with Crippen molar-refractivity contribution in [1.82, 2.24) is 0 Å². The Morgan fingerprint density at radius 3 is 2.23 bits per heavy atom. The van der Waals surface area contributed by atoms with E-state index in [2.05, 4.69) is 66.7 Å². The van der Waals surface area contributed by atoms with Crippen LogP contribution in [-0.2, 0) is 11.2 Å². The molecule has 0 fully saturated rings. The summed E-state index contributed by atoms with van der Waals surface area (Å²) in [6, 6.07) is 23.2.